The van der Waals surface area contributed by atoms with Crippen LogP contribution in [0.5, 0.6) is 0 Å². The molecule has 0 amide bonds. The van der Waals surface area contributed by atoms with Gasteiger partial charge in [-0.2, -0.15) is 0 Å². The van der Waals surface area contributed by atoms with E-state index in [4.69, 9.17) is 4.42 Å². The quantitative estimate of drug-likeness (QED) is 0.786. The molecule has 14 heavy (non-hydrogen) atoms. The fourth-order valence-electron chi connectivity index (χ4n) is 1.54. The van der Waals surface area contributed by atoms with Crippen LogP contribution in [0.1, 0.15) is 11.3 Å². The van der Waals surface area contributed by atoms with Crippen LogP contribution in [-0.2, 0) is 6.61 Å². The second-order valence-electron chi connectivity index (χ2n) is 3.21. The van der Waals surface area contributed by atoms with E-state index in [-0.39, 0.29) is 6.61 Å². The van der Waals surface area contributed by atoms with Crippen LogP contribution in [0, 0.1) is 6.92 Å². The minimum atomic E-state index is 0.0204. The first-order valence-electron chi connectivity index (χ1n) is 4.56. The van der Waals surface area contributed by atoms with Crippen LogP contribution < -0.4 is 0 Å². The van der Waals surface area contributed by atoms with Gasteiger partial charge in [0.15, 0.2) is 0 Å². The number of aliphatic hydroxyl groups excluding tert-OH is 1. The van der Waals surface area contributed by atoms with Gasteiger partial charge in [0.05, 0.1) is 12.9 Å². The second-order valence-corrected chi connectivity index (χ2v) is 3.21. The molecule has 2 heteroatoms. The Hall–Kier alpha value is -1.54. The number of rotatable bonds is 2. The van der Waals surface area contributed by atoms with Crippen LogP contribution in [0.25, 0.3) is 11.1 Å². The van der Waals surface area contributed by atoms with Crippen molar-refractivity contribution >= 4 is 0 Å². The average Bonchev–Trinajstić information content (AvgIpc) is 2.61. The highest BCUT2D eigenvalue weighted by molar-refractivity contribution is 5.66. The molecular formula is C12H12O2. The van der Waals surface area contributed by atoms with Gasteiger partial charge in [-0.3, -0.25) is 0 Å². The summed E-state index contributed by atoms with van der Waals surface area (Å²) in [7, 11) is 0. The van der Waals surface area contributed by atoms with Crippen molar-refractivity contribution < 1.29 is 9.52 Å². The Kier molecular flexibility index (Phi) is 2.37. The Morgan fingerprint density at radius 1 is 1.21 bits per heavy atom. The van der Waals surface area contributed by atoms with E-state index >= 15 is 0 Å². The van der Waals surface area contributed by atoms with Gasteiger partial charge in [0, 0.05) is 11.1 Å². The summed E-state index contributed by atoms with van der Waals surface area (Å²) in [6.07, 6.45) is 1.69. The number of aliphatic hydroxyl groups is 1. The maximum Gasteiger partial charge on any atom is 0.106 e. The lowest BCUT2D eigenvalue weighted by molar-refractivity contribution is 0.279. The lowest BCUT2D eigenvalue weighted by Crippen LogP contribution is -1.86. The van der Waals surface area contributed by atoms with Crippen molar-refractivity contribution in [2.75, 3.05) is 0 Å². The van der Waals surface area contributed by atoms with Crippen molar-refractivity contribution in [3.8, 4) is 11.1 Å². The van der Waals surface area contributed by atoms with Crippen molar-refractivity contribution in [3.05, 3.63) is 47.9 Å². The summed E-state index contributed by atoms with van der Waals surface area (Å²) in [5.41, 5.74) is 2.93. The van der Waals surface area contributed by atoms with E-state index in [1.54, 1.807) is 6.26 Å². The van der Waals surface area contributed by atoms with E-state index in [1.165, 1.54) is 0 Å². The SMILES string of the molecule is Cc1occ(-c2ccccc2)c1CO. The summed E-state index contributed by atoms with van der Waals surface area (Å²) in [6.45, 7) is 1.88. The fraction of sp³-hybridized carbons (Fsp3) is 0.167. The molecule has 2 nitrogen and oxygen atoms in total. The topological polar surface area (TPSA) is 33.4 Å². The molecule has 0 aliphatic carbocycles. The molecule has 0 aliphatic rings. The molecule has 0 saturated heterocycles. The van der Waals surface area contributed by atoms with Gasteiger partial charge in [0.2, 0.25) is 0 Å². The molecule has 0 unspecified atom stereocenters. The highest BCUT2D eigenvalue weighted by atomic mass is 16.3. The van der Waals surface area contributed by atoms with E-state index in [1.807, 2.05) is 37.3 Å². The smallest absolute Gasteiger partial charge is 0.106 e. The van der Waals surface area contributed by atoms with E-state index in [9.17, 15) is 5.11 Å². The summed E-state index contributed by atoms with van der Waals surface area (Å²) >= 11 is 0. The molecule has 1 aromatic heterocycles. The van der Waals surface area contributed by atoms with Gasteiger partial charge in [0.1, 0.15) is 5.76 Å². The number of furan rings is 1. The van der Waals surface area contributed by atoms with Crippen molar-refractivity contribution in [3.63, 3.8) is 0 Å². The van der Waals surface area contributed by atoms with Crippen LogP contribution in [0.3, 0.4) is 0 Å². The molecule has 1 aromatic carbocycles. The van der Waals surface area contributed by atoms with E-state index in [0.29, 0.717) is 0 Å². The average molecular weight is 188 g/mol. The Morgan fingerprint density at radius 2 is 1.93 bits per heavy atom. The first-order valence-corrected chi connectivity index (χ1v) is 4.56. The predicted molar refractivity (Wildman–Crippen MR) is 54.8 cm³/mol. The molecular weight excluding hydrogens is 176 g/mol. The third kappa shape index (κ3) is 1.44. The summed E-state index contributed by atoms with van der Waals surface area (Å²) in [6, 6.07) is 9.92. The molecule has 2 rings (SSSR count). The molecule has 0 bridgehead atoms. The standard InChI is InChI=1S/C12H12O2/c1-9-11(7-13)12(8-14-9)10-5-3-2-4-6-10/h2-6,8,13H,7H2,1H3. The summed E-state index contributed by atoms with van der Waals surface area (Å²) in [5, 5.41) is 9.19. The number of benzene rings is 1. The number of hydrogen-bond acceptors (Lipinski definition) is 2. The monoisotopic (exact) mass is 188 g/mol. The van der Waals surface area contributed by atoms with Crippen LogP contribution in [0.4, 0.5) is 0 Å². The Morgan fingerprint density at radius 3 is 2.57 bits per heavy atom. The normalized spacial score (nSPS) is 10.4. The number of hydrogen-bond donors (Lipinski definition) is 1. The van der Waals surface area contributed by atoms with Gasteiger partial charge >= 0.3 is 0 Å². The highest BCUT2D eigenvalue weighted by Crippen LogP contribution is 2.27. The lowest BCUT2D eigenvalue weighted by Gasteiger charge is -1.99. The minimum absolute atomic E-state index is 0.0204. The van der Waals surface area contributed by atoms with Crippen molar-refractivity contribution in [1.29, 1.82) is 0 Å². The maximum atomic E-state index is 9.19. The van der Waals surface area contributed by atoms with Gasteiger partial charge in [0.25, 0.3) is 0 Å². The molecule has 0 atom stereocenters. The first kappa shape index (κ1) is 9.03. The zero-order valence-corrected chi connectivity index (χ0v) is 8.03. The van der Waals surface area contributed by atoms with Crippen molar-refractivity contribution in [2.45, 2.75) is 13.5 Å². The fourth-order valence-corrected chi connectivity index (χ4v) is 1.54. The zero-order valence-electron chi connectivity index (χ0n) is 8.03. The van der Waals surface area contributed by atoms with E-state index in [2.05, 4.69) is 0 Å². The van der Waals surface area contributed by atoms with Gasteiger partial charge in [-0.1, -0.05) is 30.3 Å². The second kappa shape index (κ2) is 3.68. The largest absolute Gasteiger partial charge is 0.469 e. The molecule has 0 aliphatic heterocycles. The summed E-state index contributed by atoms with van der Waals surface area (Å²) < 4.78 is 5.28. The predicted octanol–water partition coefficient (Wildman–Crippen LogP) is 2.75. The summed E-state index contributed by atoms with van der Waals surface area (Å²) in [5.74, 6) is 0.784. The third-order valence-corrected chi connectivity index (χ3v) is 2.35. The van der Waals surface area contributed by atoms with E-state index in [0.717, 1.165) is 22.5 Å². The highest BCUT2D eigenvalue weighted by Gasteiger charge is 2.10. The Balaban J connectivity index is 2.52. The van der Waals surface area contributed by atoms with Crippen LogP contribution in [-0.4, -0.2) is 5.11 Å². The molecule has 0 radical (unpaired) electrons. The maximum absolute atomic E-state index is 9.19. The van der Waals surface area contributed by atoms with Gasteiger partial charge in [-0.05, 0) is 12.5 Å². The van der Waals surface area contributed by atoms with Crippen LogP contribution in [0.2, 0.25) is 0 Å². The first-order chi connectivity index (χ1) is 6.83. The third-order valence-electron chi connectivity index (χ3n) is 2.35. The van der Waals surface area contributed by atoms with Crippen molar-refractivity contribution in [1.82, 2.24) is 0 Å². The summed E-state index contributed by atoms with van der Waals surface area (Å²) in [4.78, 5) is 0. The molecule has 2 aromatic rings. The molecule has 0 spiro atoms. The van der Waals surface area contributed by atoms with Crippen molar-refractivity contribution in [2.24, 2.45) is 0 Å². The van der Waals surface area contributed by atoms with Crippen LogP contribution >= 0.6 is 0 Å². The minimum Gasteiger partial charge on any atom is -0.469 e. The Bertz CT molecular complexity index is 415. The molecule has 0 fully saturated rings. The van der Waals surface area contributed by atoms with Gasteiger partial charge in [-0.25, -0.2) is 0 Å². The molecule has 0 saturated carbocycles. The van der Waals surface area contributed by atoms with Gasteiger partial charge < -0.3 is 9.52 Å². The van der Waals surface area contributed by atoms with E-state index < -0.39 is 0 Å². The molecule has 72 valence electrons. The Labute approximate surface area is 82.8 Å². The molecule has 1 heterocycles. The number of aryl methyl sites for hydroxylation is 1. The lowest BCUT2D eigenvalue weighted by atomic mass is 10.0. The van der Waals surface area contributed by atoms with Crippen LogP contribution in [0.15, 0.2) is 41.0 Å². The molecule has 1 N–H and O–H groups in total. The zero-order chi connectivity index (χ0) is 9.97. The van der Waals surface area contributed by atoms with Gasteiger partial charge in [-0.15, -0.1) is 0 Å².